The average Bonchev–Trinajstić information content (AvgIpc) is 2.93. The number of aryl methyl sites for hydroxylation is 1. The van der Waals surface area contributed by atoms with Crippen LogP contribution in [0.5, 0.6) is 0 Å². The Kier molecular flexibility index (Phi) is 4.85. The number of aromatic amines is 1. The second-order valence-electron chi connectivity index (χ2n) is 4.97. The SMILES string of the molecule is CCc1[nH]nc(C(=O)N/N=C(/C)c2ccc([N+](=O)[O-])cc2)c1C. The second-order valence-corrected chi connectivity index (χ2v) is 4.97. The zero-order valence-corrected chi connectivity index (χ0v) is 13.1. The van der Waals surface area contributed by atoms with Gasteiger partial charge in [-0.1, -0.05) is 6.92 Å². The van der Waals surface area contributed by atoms with Gasteiger partial charge in [0.05, 0.1) is 10.6 Å². The maximum atomic E-state index is 12.1. The van der Waals surface area contributed by atoms with Crippen molar-refractivity contribution in [2.24, 2.45) is 5.10 Å². The fourth-order valence-corrected chi connectivity index (χ4v) is 2.08. The smallest absolute Gasteiger partial charge is 0.282 e. The quantitative estimate of drug-likeness (QED) is 0.501. The number of nitrogens with one attached hydrogen (secondary N) is 2. The lowest BCUT2D eigenvalue weighted by Crippen LogP contribution is -2.20. The lowest BCUT2D eigenvalue weighted by Gasteiger charge is -2.02. The summed E-state index contributed by atoms with van der Waals surface area (Å²) in [6.45, 7) is 5.50. The van der Waals surface area contributed by atoms with Crippen molar-refractivity contribution in [1.29, 1.82) is 0 Å². The number of aromatic nitrogens is 2. The molecular formula is C15H17N5O3. The molecule has 1 amide bonds. The molecule has 120 valence electrons. The number of rotatable bonds is 5. The number of nitro groups is 1. The number of amides is 1. The highest BCUT2D eigenvalue weighted by Crippen LogP contribution is 2.13. The first-order chi connectivity index (χ1) is 10.9. The van der Waals surface area contributed by atoms with E-state index in [-0.39, 0.29) is 5.69 Å². The molecule has 0 unspecified atom stereocenters. The van der Waals surface area contributed by atoms with Crippen LogP contribution in [0.25, 0.3) is 0 Å². The largest absolute Gasteiger partial charge is 0.292 e. The minimum atomic E-state index is -0.469. The Morgan fingerprint density at radius 2 is 2.04 bits per heavy atom. The van der Waals surface area contributed by atoms with Crippen molar-refractivity contribution in [2.45, 2.75) is 27.2 Å². The number of H-pyrrole nitrogens is 1. The summed E-state index contributed by atoms with van der Waals surface area (Å²) in [4.78, 5) is 22.2. The van der Waals surface area contributed by atoms with Crippen molar-refractivity contribution in [2.75, 3.05) is 0 Å². The fourth-order valence-electron chi connectivity index (χ4n) is 2.08. The van der Waals surface area contributed by atoms with Gasteiger partial charge in [-0.2, -0.15) is 10.2 Å². The van der Waals surface area contributed by atoms with E-state index in [0.717, 1.165) is 17.7 Å². The fraction of sp³-hybridized carbons (Fsp3) is 0.267. The minimum absolute atomic E-state index is 0.00447. The predicted octanol–water partition coefficient (Wildman–Crippen LogP) is 2.34. The van der Waals surface area contributed by atoms with Crippen LogP contribution in [-0.4, -0.2) is 26.7 Å². The molecule has 23 heavy (non-hydrogen) atoms. The van der Waals surface area contributed by atoms with Crippen LogP contribution >= 0.6 is 0 Å². The van der Waals surface area contributed by atoms with E-state index in [2.05, 4.69) is 20.7 Å². The molecule has 0 aliphatic rings. The van der Waals surface area contributed by atoms with Gasteiger partial charge < -0.3 is 0 Å². The summed E-state index contributed by atoms with van der Waals surface area (Å²) in [5.41, 5.74) is 5.69. The van der Waals surface area contributed by atoms with Crippen LogP contribution in [0.2, 0.25) is 0 Å². The highest BCUT2D eigenvalue weighted by molar-refractivity contribution is 6.00. The number of hydrogen-bond acceptors (Lipinski definition) is 5. The lowest BCUT2D eigenvalue weighted by molar-refractivity contribution is -0.384. The van der Waals surface area contributed by atoms with Gasteiger partial charge in [-0.05, 0) is 38.0 Å². The molecule has 0 aliphatic carbocycles. The Hall–Kier alpha value is -3.03. The third-order valence-electron chi connectivity index (χ3n) is 3.50. The molecule has 0 saturated heterocycles. The summed E-state index contributed by atoms with van der Waals surface area (Å²) in [5.74, 6) is -0.403. The Morgan fingerprint density at radius 1 is 1.39 bits per heavy atom. The van der Waals surface area contributed by atoms with Crippen molar-refractivity contribution < 1.29 is 9.72 Å². The molecule has 0 radical (unpaired) electrons. The zero-order valence-electron chi connectivity index (χ0n) is 13.1. The molecule has 1 heterocycles. The first-order valence-electron chi connectivity index (χ1n) is 7.07. The van der Waals surface area contributed by atoms with Crippen LogP contribution in [0.1, 0.15) is 41.2 Å². The molecule has 2 aromatic rings. The van der Waals surface area contributed by atoms with Gasteiger partial charge in [0.25, 0.3) is 11.6 Å². The van der Waals surface area contributed by atoms with E-state index in [1.165, 1.54) is 12.1 Å². The van der Waals surface area contributed by atoms with Gasteiger partial charge in [-0.25, -0.2) is 5.43 Å². The number of carbonyl (C=O) groups excluding carboxylic acids is 1. The summed E-state index contributed by atoms with van der Waals surface area (Å²) >= 11 is 0. The molecule has 8 nitrogen and oxygen atoms in total. The predicted molar refractivity (Wildman–Crippen MR) is 85.5 cm³/mol. The third-order valence-corrected chi connectivity index (χ3v) is 3.50. The monoisotopic (exact) mass is 315 g/mol. The number of nitro benzene ring substituents is 1. The number of benzene rings is 1. The van der Waals surface area contributed by atoms with Crippen LogP contribution in [0.3, 0.4) is 0 Å². The molecule has 0 fully saturated rings. The zero-order chi connectivity index (χ0) is 17.0. The summed E-state index contributed by atoms with van der Waals surface area (Å²) in [5, 5.41) is 21.4. The Bertz CT molecular complexity index is 762. The van der Waals surface area contributed by atoms with Crippen LogP contribution < -0.4 is 5.43 Å². The van der Waals surface area contributed by atoms with Gasteiger partial charge in [0, 0.05) is 23.4 Å². The number of hydrogen-bond donors (Lipinski definition) is 2. The molecule has 2 rings (SSSR count). The second kappa shape index (κ2) is 6.82. The van der Waals surface area contributed by atoms with Crippen molar-refractivity contribution >= 4 is 17.3 Å². The standard InChI is InChI=1S/C15H17N5O3/c1-4-13-9(2)14(18-17-13)15(21)19-16-10(3)11-5-7-12(8-6-11)20(22)23/h5-8H,4H2,1-3H3,(H,17,18)(H,19,21)/b16-10-. The molecule has 0 bridgehead atoms. The van der Waals surface area contributed by atoms with Crippen LogP contribution in [0.15, 0.2) is 29.4 Å². The van der Waals surface area contributed by atoms with Crippen molar-refractivity contribution in [1.82, 2.24) is 15.6 Å². The molecule has 0 spiro atoms. The van der Waals surface area contributed by atoms with E-state index in [0.29, 0.717) is 17.0 Å². The Balaban J connectivity index is 2.10. The van der Waals surface area contributed by atoms with Crippen molar-refractivity contribution in [3.63, 3.8) is 0 Å². The maximum Gasteiger partial charge on any atom is 0.292 e. The third kappa shape index (κ3) is 3.60. The molecule has 1 aromatic heterocycles. The molecule has 0 saturated carbocycles. The number of carbonyl (C=O) groups is 1. The van der Waals surface area contributed by atoms with Gasteiger partial charge in [-0.3, -0.25) is 20.0 Å². The lowest BCUT2D eigenvalue weighted by atomic mass is 10.1. The molecule has 1 aromatic carbocycles. The van der Waals surface area contributed by atoms with Gasteiger partial charge >= 0.3 is 0 Å². The van der Waals surface area contributed by atoms with E-state index in [1.54, 1.807) is 19.1 Å². The van der Waals surface area contributed by atoms with Crippen molar-refractivity contribution in [3.8, 4) is 0 Å². The van der Waals surface area contributed by atoms with Gasteiger partial charge in [0.2, 0.25) is 0 Å². The normalized spacial score (nSPS) is 11.3. The highest BCUT2D eigenvalue weighted by Gasteiger charge is 2.15. The van der Waals surface area contributed by atoms with Crippen LogP contribution in [0, 0.1) is 17.0 Å². The molecular weight excluding hydrogens is 298 g/mol. The molecule has 0 atom stereocenters. The summed E-state index contributed by atoms with van der Waals surface area (Å²) in [7, 11) is 0. The number of non-ortho nitro benzene ring substituents is 1. The highest BCUT2D eigenvalue weighted by atomic mass is 16.6. The van der Waals surface area contributed by atoms with E-state index in [4.69, 9.17) is 0 Å². The topological polar surface area (TPSA) is 113 Å². The summed E-state index contributed by atoms with van der Waals surface area (Å²) in [6, 6.07) is 5.94. The minimum Gasteiger partial charge on any atom is -0.282 e. The van der Waals surface area contributed by atoms with Gasteiger partial charge in [0.15, 0.2) is 5.69 Å². The maximum absolute atomic E-state index is 12.1. The summed E-state index contributed by atoms with van der Waals surface area (Å²) in [6.07, 6.45) is 0.761. The van der Waals surface area contributed by atoms with Crippen molar-refractivity contribution in [3.05, 3.63) is 56.9 Å². The average molecular weight is 315 g/mol. The molecule has 8 heteroatoms. The number of nitrogens with zero attached hydrogens (tertiary/aromatic N) is 3. The van der Waals surface area contributed by atoms with Crippen LogP contribution in [-0.2, 0) is 6.42 Å². The van der Waals surface area contributed by atoms with E-state index in [1.807, 2.05) is 13.8 Å². The summed E-state index contributed by atoms with van der Waals surface area (Å²) < 4.78 is 0. The van der Waals surface area contributed by atoms with E-state index < -0.39 is 10.8 Å². The molecule has 2 N–H and O–H groups in total. The van der Waals surface area contributed by atoms with Crippen LogP contribution in [0.4, 0.5) is 5.69 Å². The first-order valence-corrected chi connectivity index (χ1v) is 7.07. The van der Waals surface area contributed by atoms with Gasteiger partial charge in [-0.15, -0.1) is 0 Å². The Morgan fingerprint density at radius 3 is 2.57 bits per heavy atom. The molecule has 0 aliphatic heterocycles. The van der Waals surface area contributed by atoms with E-state index >= 15 is 0 Å². The van der Waals surface area contributed by atoms with E-state index in [9.17, 15) is 14.9 Å². The number of hydrazone groups is 1. The van der Waals surface area contributed by atoms with Gasteiger partial charge in [0.1, 0.15) is 0 Å². The first kappa shape index (κ1) is 16.3. The Labute approximate surface area is 132 Å².